The van der Waals surface area contributed by atoms with Crippen LogP contribution in [0.15, 0.2) is 60.8 Å². The van der Waals surface area contributed by atoms with Gasteiger partial charge in [0.2, 0.25) is 0 Å². The van der Waals surface area contributed by atoms with Gasteiger partial charge in [0, 0.05) is 23.2 Å². The predicted octanol–water partition coefficient (Wildman–Crippen LogP) is 1.42. The number of nitrogens with zero attached hydrogens (tertiary/aromatic N) is 2. The number of aliphatic carboxylic acids is 1. The molecule has 0 saturated heterocycles. The summed E-state index contributed by atoms with van der Waals surface area (Å²) in [5, 5.41) is 11.6. The third kappa shape index (κ3) is 5.39. The number of carboxylic acids is 1. The van der Waals surface area contributed by atoms with Crippen LogP contribution in [0.5, 0.6) is 0 Å². The first-order valence-corrected chi connectivity index (χ1v) is 10.5. The molecule has 0 fully saturated rings. The molecule has 8 heteroatoms. The molecule has 0 aliphatic heterocycles. The molecular weight excluding hydrogens is 461 g/mol. The van der Waals surface area contributed by atoms with Gasteiger partial charge in [0.1, 0.15) is 6.10 Å². The van der Waals surface area contributed by atoms with Crippen LogP contribution < -0.4 is 34.7 Å². The summed E-state index contributed by atoms with van der Waals surface area (Å²) in [6.07, 6.45) is 8.41. The van der Waals surface area contributed by atoms with Crippen LogP contribution in [0.1, 0.15) is 39.7 Å². The quantitative estimate of drug-likeness (QED) is 0.406. The van der Waals surface area contributed by atoms with Crippen molar-refractivity contribution >= 4 is 41.2 Å². The van der Waals surface area contributed by atoms with E-state index in [0.29, 0.717) is 22.3 Å². The Kier molecular flexibility index (Phi) is 7.52. The molecule has 1 aliphatic rings. The van der Waals surface area contributed by atoms with E-state index in [9.17, 15) is 18.7 Å². The van der Waals surface area contributed by atoms with Gasteiger partial charge < -0.3 is 14.6 Å². The van der Waals surface area contributed by atoms with E-state index in [0.717, 1.165) is 34.4 Å². The van der Waals surface area contributed by atoms with Gasteiger partial charge in [-0.2, -0.15) is 0 Å². The van der Waals surface area contributed by atoms with Gasteiger partial charge in [-0.1, -0.05) is 36.4 Å². The van der Waals surface area contributed by atoms with Crippen molar-refractivity contribution in [3.05, 3.63) is 106 Å². The molecule has 35 heavy (non-hydrogen) atoms. The molecule has 0 bridgehead atoms. The van der Waals surface area contributed by atoms with Crippen molar-refractivity contribution in [3.8, 4) is 0 Å². The fourth-order valence-electron chi connectivity index (χ4n) is 3.94. The minimum Gasteiger partial charge on any atom is -0.548 e. The minimum atomic E-state index is -1.31. The number of carboxylic acid groups (broad SMARTS) is 1. The number of fused-ring (bicyclic) bond motifs is 3. The number of pyridine rings is 2. The number of hydrogen-bond donors (Lipinski definition) is 0. The number of halogens is 2. The second kappa shape index (κ2) is 10.6. The van der Waals surface area contributed by atoms with Crippen LogP contribution in [0, 0.1) is 11.6 Å². The summed E-state index contributed by atoms with van der Waals surface area (Å²) in [7, 11) is 0. The zero-order valence-electron chi connectivity index (χ0n) is 18.7. The van der Waals surface area contributed by atoms with Crippen molar-refractivity contribution < 1.29 is 53.0 Å². The second-order valence-electron chi connectivity index (χ2n) is 7.79. The maximum absolute atomic E-state index is 13.6. The molecule has 5 rings (SSSR count). The van der Waals surface area contributed by atoms with Crippen LogP contribution in [0.3, 0.4) is 0 Å². The summed E-state index contributed by atoms with van der Waals surface area (Å²) >= 11 is 0. The Labute approximate surface area is 222 Å². The molecule has 2 heterocycles. The van der Waals surface area contributed by atoms with Crippen molar-refractivity contribution in [2.45, 2.75) is 6.10 Å². The Morgan fingerprint density at radius 3 is 2.66 bits per heavy atom. The molecular formula is C27H17F2N2NaO3. The summed E-state index contributed by atoms with van der Waals surface area (Å²) in [6.45, 7) is -0.559. The molecule has 168 valence electrons. The van der Waals surface area contributed by atoms with Gasteiger partial charge in [-0.05, 0) is 53.1 Å². The molecule has 0 radical (unpaired) electrons. The number of carbonyl (C=O) groups is 1. The van der Waals surface area contributed by atoms with Crippen molar-refractivity contribution in [2.75, 3.05) is 6.61 Å². The van der Waals surface area contributed by atoms with Gasteiger partial charge in [-0.25, -0.2) is 13.8 Å². The molecule has 5 nitrogen and oxygen atoms in total. The van der Waals surface area contributed by atoms with Crippen molar-refractivity contribution in [1.29, 1.82) is 0 Å². The van der Waals surface area contributed by atoms with Gasteiger partial charge in [0.15, 0.2) is 11.6 Å². The SMILES string of the molecule is O=C([O-])COC1c2cc(/C=C/c3ccc4cc(F)c(F)cc4n3)ccc2C=Cc2ncccc21.[Na+]. The number of ether oxygens (including phenoxy) is 1. The molecule has 1 atom stereocenters. The number of rotatable bonds is 5. The van der Waals surface area contributed by atoms with Crippen LogP contribution in [-0.4, -0.2) is 22.5 Å². The molecule has 2 aromatic heterocycles. The Bertz CT molecular complexity index is 1490. The van der Waals surface area contributed by atoms with Gasteiger partial charge in [-0.3, -0.25) is 4.98 Å². The first-order valence-electron chi connectivity index (χ1n) is 10.5. The van der Waals surface area contributed by atoms with E-state index in [-0.39, 0.29) is 29.6 Å². The van der Waals surface area contributed by atoms with Gasteiger partial charge in [0.25, 0.3) is 0 Å². The summed E-state index contributed by atoms with van der Waals surface area (Å²) in [5.74, 6) is -3.17. The standard InChI is InChI=1S/C27H18F2N2O3.Na/c28-22-13-18-6-9-19(31-25(18)14-23(22)29)8-4-16-3-5-17-7-10-24-20(2-1-11-30-24)27(21(17)12-16)34-15-26(32)33;/h1-14,27H,15H2,(H,32,33);/q;+1/p-1/b8-4+;. The molecule has 0 amide bonds. The fourth-order valence-corrected chi connectivity index (χ4v) is 3.94. The molecule has 0 spiro atoms. The van der Waals surface area contributed by atoms with Crippen LogP contribution in [-0.2, 0) is 9.53 Å². The molecule has 1 unspecified atom stereocenters. The Morgan fingerprint density at radius 1 is 1.00 bits per heavy atom. The first-order chi connectivity index (χ1) is 16.5. The van der Waals surface area contributed by atoms with E-state index in [4.69, 9.17) is 4.74 Å². The van der Waals surface area contributed by atoms with Crippen LogP contribution in [0.4, 0.5) is 8.78 Å². The summed E-state index contributed by atoms with van der Waals surface area (Å²) in [4.78, 5) is 19.8. The zero-order chi connectivity index (χ0) is 23.7. The third-order valence-corrected chi connectivity index (χ3v) is 5.53. The average Bonchev–Trinajstić information content (AvgIpc) is 2.98. The van der Waals surface area contributed by atoms with E-state index in [1.807, 2.05) is 42.5 Å². The van der Waals surface area contributed by atoms with E-state index < -0.39 is 30.3 Å². The van der Waals surface area contributed by atoms with E-state index in [1.165, 1.54) is 0 Å². The molecule has 2 aromatic carbocycles. The molecule has 0 N–H and O–H groups in total. The number of hydrogen-bond acceptors (Lipinski definition) is 5. The number of aromatic nitrogens is 2. The Hall–Kier alpha value is -3.23. The Morgan fingerprint density at radius 2 is 1.83 bits per heavy atom. The fraction of sp³-hybridized carbons (Fsp3) is 0.0741. The summed E-state index contributed by atoms with van der Waals surface area (Å²) < 4.78 is 32.7. The van der Waals surface area contributed by atoms with E-state index >= 15 is 0 Å². The Balaban J connectivity index is 0.00000289. The average molecular weight is 478 g/mol. The van der Waals surface area contributed by atoms with Gasteiger partial charge in [-0.15, -0.1) is 0 Å². The molecule has 1 aliphatic carbocycles. The van der Waals surface area contributed by atoms with Crippen molar-refractivity contribution in [3.63, 3.8) is 0 Å². The third-order valence-electron chi connectivity index (χ3n) is 5.53. The van der Waals surface area contributed by atoms with Crippen LogP contribution in [0.2, 0.25) is 0 Å². The smallest absolute Gasteiger partial charge is 0.548 e. The van der Waals surface area contributed by atoms with Crippen molar-refractivity contribution in [1.82, 2.24) is 9.97 Å². The monoisotopic (exact) mass is 478 g/mol. The van der Waals surface area contributed by atoms with Crippen molar-refractivity contribution in [2.24, 2.45) is 0 Å². The number of benzene rings is 2. The van der Waals surface area contributed by atoms with Gasteiger partial charge in [0.05, 0.1) is 29.5 Å². The largest absolute Gasteiger partial charge is 1.00 e. The number of carbonyl (C=O) groups excluding carboxylic acids is 1. The minimum absolute atomic E-state index is 0. The van der Waals surface area contributed by atoms with Gasteiger partial charge >= 0.3 is 29.6 Å². The predicted molar refractivity (Wildman–Crippen MR) is 123 cm³/mol. The topological polar surface area (TPSA) is 75.1 Å². The zero-order valence-corrected chi connectivity index (χ0v) is 20.7. The first kappa shape index (κ1) is 24.9. The van der Waals surface area contributed by atoms with Crippen LogP contribution in [0.25, 0.3) is 35.2 Å². The maximum Gasteiger partial charge on any atom is 1.00 e. The normalized spacial score (nSPS) is 14.3. The maximum atomic E-state index is 13.6. The summed E-state index contributed by atoms with van der Waals surface area (Å²) in [5.41, 5.74) is 4.87. The van der Waals surface area contributed by atoms with E-state index in [1.54, 1.807) is 30.5 Å². The summed E-state index contributed by atoms with van der Waals surface area (Å²) in [6, 6.07) is 15.0. The molecule has 0 saturated carbocycles. The van der Waals surface area contributed by atoms with Crippen LogP contribution >= 0.6 is 0 Å². The van der Waals surface area contributed by atoms with E-state index in [2.05, 4.69) is 9.97 Å². The molecule has 4 aromatic rings. The second-order valence-corrected chi connectivity index (χ2v) is 7.79.